The second-order valence-corrected chi connectivity index (χ2v) is 4.78. The van der Waals surface area contributed by atoms with E-state index in [4.69, 9.17) is 0 Å². The van der Waals surface area contributed by atoms with Crippen molar-refractivity contribution in [3.8, 4) is 0 Å². The summed E-state index contributed by atoms with van der Waals surface area (Å²) in [6.07, 6.45) is -11.5. The van der Waals surface area contributed by atoms with Crippen LogP contribution in [0.25, 0.3) is 0 Å². The fraction of sp³-hybridized carbons (Fsp3) is 0.357. The average molecular weight is 372 g/mol. The molecule has 0 heterocycles. The summed E-state index contributed by atoms with van der Waals surface area (Å²) in [5.74, 6) is -6.86. The third-order valence-electron chi connectivity index (χ3n) is 2.43. The van der Waals surface area contributed by atoms with Gasteiger partial charge in [0.25, 0.3) is 0 Å². The maximum absolute atomic E-state index is 11.2. The molecule has 11 heteroatoms. The number of hydrogen-bond donors (Lipinski definition) is 1. The van der Waals surface area contributed by atoms with Gasteiger partial charge in [0, 0.05) is 32.4 Å². The fourth-order valence-corrected chi connectivity index (χ4v) is 1.30. The minimum Gasteiger partial charge on any atom is -0.378 e. The molecule has 1 aromatic carbocycles. The number of halogens is 6. The molecule has 0 radical (unpaired) electrons. The molecule has 0 saturated heterocycles. The van der Waals surface area contributed by atoms with E-state index in [1.807, 2.05) is 43.3 Å². The largest absolute Gasteiger partial charge is 0.458 e. The van der Waals surface area contributed by atoms with Crippen LogP contribution in [-0.4, -0.2) is 43.9 Å². The molecule has 0 bridgehead atoms. The molecule has 25 heavy (non-hydrogen) atoms. The molecule has 1 amide bonds. The van der Waals surface area contributed by atoms with Crippen LogP contribution in [0.15, 0.2) is 24.3 Å². The predicted octanol–water partition coefficient (Wildman–Crippen LogP) is 2.96. The number of hydrogen-bond acceptors (Lipinski definition) is 4. The quantitative estimate of drug-likeness (QED) is 0.655. The highest BCUT2D eigenvalue weighted by Gasteiger charge is 2.54. The molecule has 5 nitrogen and oxygen atoms in total. The van der Waals surface area contributed by atoms with Gasteiger partial charge in [-0.05, 0) is 24.3 Å². The van der Waals surface area contributed by atoms with Crippen LogP contribution in [0.3, 0.4) is 0 Å². The van der Waals surface area contributed by atoms with Crippen molar-refractivity contribution >= 4 is 28.8 Å². The highest BCUT2D eigenvalue weighted by atomic mass is 19.4. The van der Waals surface area contributed by atoms with Gasteiger partial charge in [-0.2, -0.15) is 26.3 Å². The maximum atomic E-state index is 11.2. The molecular weight excluding hydrogens is 358 g/mol. The van der Waals surface area contributed by atoms with E-state index in [-0.39, 0.29) is 5.91 Å². The number of benzene rings is 1. The Labute approximate surface area is 138 Å². The van der Waals surface area contributed by atoms with Gasteiger partial charge in [0.2, 0.25) is 5.91 Å². The summed E-state index contributed by atoms with van der Waals surface area (Å²) in [5.41, 5.74) is 1.95. The van der Waals surface area contributed by atoms with Crippen LogP contribution in [0.5, 0.6) is 0 Å². The van der Waals surface area contributed by atoms with E-state index in [9.17, 15) is 40.7 Å². The van der Waals surface area contributed by atoms with Crippen LogP contribution in [0, 0.1) is 0 Å². The zero-order valence-electron chi connectivity index (χ0n) is 13.2. The zero-order chi connectivity index (χ0) is 20.0. The van der Waals surface area contributed by atoms with Gasteiger partial charge in [-0.1, -0.05) is 0 Å². The molecule has 0 unspecified atom stereocenters. The zero-order valence-corrected chi connectivity index (χ0v) is 13.2. The van der Waals surface area contributed by atoms with Crippen molar-refractivity contribution in [1.82, 2.24) is 0 Å². The number of rotatable bonds is 3. The van der Waals surface area contributed by atoms with E-state index in [1.165, 1.54) is 6.92 Å². The molecular formula is C14H14F6N2O3. The van der Waals surface area contributed by atoms with Crippen molar-refractivity contribution in [3.05, 3.63) is 24.3 Å². The third kappa shape index (κ3) is 8.18. The van der Waals surface area contributed by atoms with Crippen molar-refractivity contribution in [2.45, 2.75) is 19.3 Å². The normalized spacial score (nSPS) is 11.1. The lowest BCUT2D eigenvalue weighted by atomic mass is 10.2. The lowest BCUT2D eigenvalue weighted by Gasteiger charge is -2.12. The molecule has 1 N–H and O–H groups in total. The number of anilines is 2. The SMILES string of the molecule is CC(=O)Nc1ccc(N(C)C)cc1.O=C(C(=O)C(F)(F)F)C(F)(F)F. The smallest absolute Gasteiger partial charge is 0.378 e. The molecule has 0 saturated carbocycles. The van der Waals surface area contributed by atoms with E-state index in [0.29, 0.717) is 0 Å². The number of nitrogens with zero attached hydrogens (tertiary/aromatic N) is 1. The Balaban J connectivity index is 0.000000463. The lowest BCUT2D eigenvalue weighted by molar-refractivity contribution is -0.193. The van der Waals surface area contributed by atoms with Crippen LogP contribution < -0.4 is 10.2 Å². The number of ketones is 2. The van der Waals surface area contributed by atoms with E-state index in [1.54, 1.807) is 0 Å². The van der Waals surface area contributed by atoms with Crippen LogP contribution >= 0.6 is 0 Å². The highest BCUT2D eigenvalue weighted by molar-refractivity contribution is 6.41. The van der Waals surface area contributed by atoms with Gasteiger partial charge < -0.3 is 10.2 Å². The lowest BCUT2D eigenvalue weighted by Crippen LogP contribution is -2.39. The monoisotopic (exact) mass is 372 g/mol. The second kappa shape index (κ2) is 8.49. The Kier molecular flexibility index (Phi) is 7.61. The summed E-state index contributed by atoms with van der Waals surface area (Å²) < 4.78 is 67.0. The Bertz CT molecular complexity index is 597. The van der Waals surface area contributed by atoms with Gasteiger partial charge in [-0.15, -0.1) is 0 Å². The van der Waals surface area contributed by atoms with Crippen molar-refractivity contribution in [3.63, 3.8) is 0 Å². The van der Waals surface area contributed by atoms with Gasteiger partial charge in [0.1, 0.15) is 0 Å². The summed E-state index contributed by atoms with van der Waals surface area (Å²) in [6, 6.07) is 7.70. The number of Topliss-reactive ketones (excluding diaryl/α,β-unsaturated/α-hetero) is 2. The van der Waals surface area contributed by atoms with E-state index in [0.717, 1.165) is 11.4 Å². The van der Waals surface area contributed by atoms with Gasteiger partial charge >= 0.3 is 23.9 Å². The number of amides is 1. The molecule has 1 aromatic rings. The minimum atomic E-state index is -5.77. The molecule has 0 spiro atoms. The Morgan fingerprint density at radius 1 is 0.840 bits per heavy atom. The van der Waals surface area contributed by atoms with Crippen LogP contribution in [0.4, 0.5) is 37.7 Å². The number of nitrogens with one attached hydrogen (secondary N) is 1. The summed E-state index contributed by atoms with van der Waals surface area (Å²) in [7, 11) is 3.96. The number of alkyl halides is 6. The number of carbonyl (C=O) groups is 3. The first-order valence-corrected chi connectivity index (χ1v) is 6.44. The van der Waals surface area contributed by atoms with Crippen molar-refractivity contribution in [2.75, 3.05) is 24.3 Å². The first-order valence-electron chi connectivity index (χ1n) is 6.44. The minimum absolute atomic E-state index is 0.0439. The summed E-state index contributed by atoms with van der Waals surface area (Å²) in [6.45, 7) is 1.50. The molecule has 0 fully saturated rings. The third-order valence-corrected chi connectivity index (χ3v) is 2.43. The van der Waals surface area contributed by atoms with Gasteiger partial charge in [0.05, 0.1) is 0 Å². The maximum Gasteiger partial charge on any atom is 0.458 e. The van der Waals surface area contributed by atoms with Gasteiger partial charge in [0.15, 0.2) is 0 Å². The van der Waals surface area contributed by atoms with Gasteiger partial charge in [-0.25, -0.2) is 0 Å². The molecule has 0 aliphatic rings. The molecule has 140 valence electrons. The molecule has 0 aliphatic carbocycles. The summed E-state index contributed by atoms with van der Waals surface area (Å²) >= 11 is 0. The Morgan fingerprint density at radius 3 is 1.44 bits per heavy atom. The Hall–Kier alpha value is -2.59. The molecule has 0 aromatic heterocycles. The average Bonchev–Trinajstić information content (AvgIpc) is 2.44. The molecule has 0 atom stereocenters. The van der Waals surface area contributed by atoms with Crippen LogP contribution in [-0.2, 0) is 14.4 Å². The Morgan fingerprint density at radius 2 is 1.20 bits per heavy atom. The fourth-order valence-electron chi connectivity index (χ4n) is 1.30. The van der Waals surface area contributed by atoms with E-state index >= 15 is 0 Å². The predicted molar refractivity (Wildman–Crippen MR) is 77.2 cm³/mol. The van der Waals surface area contributed by atoms with Crippen molar-refractivity contribution in [2.24, 2.45) is 0 Å². The van der Waals surface area contributed by atoms with Crippen LogP contribution in [0.2, 0.25) is 0 Å². The standard InChI is InChI=1S/C10H14N2O.C4F6O2/c1-8(13)11-9-4-6-10(7-5-9)12(2)3;5-3(6,7)1(11)2(12)4(8,9)10/h4-7H,1-3H3,(H,11,13);. The van der Waals surface area contributed by atoms with Crippen molar-refractivity contribution < 1.29 is 40.7 Å². The second-order valence-electron chi connectivity index (χ2n) is 4.78. The highest BCUT2D eigenvalue weighted by Crippen LogP contribution is 2.24. The van der Waals surface area contributed by atoms with Crippen LogP contribution in [0.1, 0.15) is 6.92 Å². The first-order chi connectivity index (χ1) is 11.2. The molecule has 0 aliphatic heterocycles. The van der Waals surface area contributed by atoms with E-state index in [2.05, 4.69) is 5.32 Å². The molecule has 1 rings (SSSR count). The summed E-state index contributed by atoms with van der Waals surface area (Å²) in [4.78, 5) is 32.0. The first kappa shape index (κ1) is 22.4. The summed E-state index contributed by atoms with van der Waals surface area (Å²) in [5, 5.41) is 2.71. The number of carbonyl (C=O) groups excluding carboxylic acids is 3. The van der Waals surface area contributed by atoms with Crippen molar-refractivity contribution in [1.29, 1.82) is 0 Å². The van der Waals surface area contributed by atoms with Gasteiger partial charge in [-0.3, -0.25) is 14.4 Å². The van der Waals surface area contributed by atoms with E-state index < -0.39 is 23.9 Å². The topological polar surface area (TPSA) is 66.5 Å².